The average molecular weight is 388 g/mol. The maximum absolute atomic E-state index is 13.4. The van der Waals surface area contributed by atoms with Crippen molar-refractivity contribution < 1.29 is 14.6 Å². The van der Waals surface area contributed by atoms with Crippen LogP contribution in [0.3, 0.4) is 0 Å². The summed E-state index contributed by atoms with van der Waals surface area (Å²) in [5.74, 6) is 0.696. The van der Waals surface area contributed by atoms with Crippen LogP contribution >= 0.6 is 0 Å². The van der Waals surface area contributed by atoms with Gasteiger partial charge in [0.05, 0.1) is 12.2 Å². The number of benzene rings is 3. The number of amides is 1. The summed E-state index contributed by atoms with van der Waals surface area (Å²) in [6.45, 7) is 4.89. The SMILES string of the molecule is CCOc1ccc(O)c(C2Nc3ccccc3C(=O)N2Cc2ccc(C)cc2)c1. The van der Waals surface area contributed by atoms with Gasteiger partial charge in [0, 0.05) is 17.8 Å². The molecule has 0 bridgehead atoms. The van der Waals surface area contributed by atoms with E-state index in [2.05, 4.69) is 5.32 Å². The van der Waals surface area contributed by atoms with Gasteiger partial charge in [-0.15, -0.1) is 0 Å². The van der Waals surface area contributed by atoms with E-state index >= 15 is 0 Å². The second-order valence-corrected chi connectivity index (χ2v) is 7.16. The number of carbonyl (C=O) groups excluding carboxylic acids is 1. The molecule has 4 rings (SSSR count). The zero-order chi connectivity index (χ0) is 20.4. The van der Waals surface area contributed by atoms with Crippen molar-refractivity contribution >= 4 is 11.6 Å². The van der Waals surface area contributed by atoms with Gasteiger partial charge in [0.2, 0.25) is 0 Å². The number of hydrogen-bond acceptors (Lipinski definition) is 4. The van der Waals surface area contributed by atoms with Gasteiger partial charge in [-0.05, 0) is 49.7 Å². The van der Waals surface area contributed by atoms with Gasteiger partial charge < -0.3 is 20.1 Å². The normalized spacial score (nSPS) is 15.6. The molecule has 148 valence electrons. The Balaban J connectivity index is 1.77. The number of para-hydroxylation sites is 1. The second-order valence-electron chi connectivity index (χ2n) is 7.16. The first-order chi connectivity index (χ1) is 14.1. The monoisotopic (exact) mass is 388 g/mol. The van der Waals surface area contributed by atoms with E-state index in [4.69, 9.17) is 4.74 Å². The van der Waals surface area contributed by atoms with E-state index in [0.29, 0.717) is 30.0 Å². The number of phenolic OH excluding ortho intramolecular Hbond substituents is 1. The summed E-state index contributed by atoms with van der Waals surface area (Å²) < 4.78 is 5.61. The number of aromatic hydroxyl groups is 1. The molecular weight excluding hydrogens is 364 g/mol. The van der Waals surface area contributed by atoms with Gasteiger partial charge in [-0.25, -0.2) is 0 Å². The standard InChI is InChI=1S/C24H24N2O3/c1-3-29-18-12-13-22(27)20(14-18)23-25-21-7-5-4-6-19(21)24(28)26(23)15-17-10-8-16(2)9-11-17/h4-14,23,25,27H,3,15H2,1-2H3. The molecule has 1 aliphatic rings. The van der Waals surface area contributed by atoms with Crippen LogP contribution in [0.25, 0.3) is 0 Å². The predicted molar refractivity (Wildman–Crippen MR) is 113 cm³/mol. The molecule has 1 heterocycles. The molecule has 2 N–H and O–H groups in total. The number of ether oxygens (including phenoxy) is 1. The third-order valence-electron chi connectivity index (χ3n) is 5.10. The molecule has 0 radical (unpaired) electrons. The molecule has 29 heavy (non-hydrogen) atoms. The molecule has 0 saturated carbocycles. The quantitative estimate of drug-likeness (QED) is 0.655. The van der Waals surface area contributed by atoms with Crippen LogP contribution in [0.15, 0.2) is 66.7 Å². The summed E-state index contributed by atoms with van der Waals surface area (Å²) in [6.07, 6.45) is -0.515. The minimum absolute atomic E-state index is 0.0777. The maximum Gasteiger partial charge on any atom is 0.258 e. The Morgan fingerprint density at radius 3 is 2.59 bits per heavy atom. The molecule has 1 atom stereocenters. The van der Waals surface area contributed by atoms with E-state index in [9.17, 15) is 9.90 Å². The van der Waals surface area contributed by atoms with Gasteiger partial charge in [-0.2, -0.15) is 0 Å². The smallest absolute Gasteiger partial charge is 0.258 e. The lowest BCUT2D eigenvalue weighted by atomic mass is 10.0. The summed E-state index contributed by atoms with van der Waals surface area (Å²) in [5, 5.41) is 14.0. The number of carbonyl (C=O) groups is 1. The number of aryl methyl sites for hydroxylation is 1. The fraction of sp³-hybridized carbons (Fsp3) is 0.208. The van der Waals surface area contributed by atoms with Crippen LogP contribution in [-0.4, -0.2) is 22.5 Å². The van der Waals surface area contributed by atoms with Crippen molar-refractivity contribution in [2.24, 2.45) is 0 Å². The van der Waals surface area contributed by atoms with Crippen LogP contribution in [0.5, 0.6) is 11.5 Å². The van der Waals surface area contributed by atoms with Gasteiger partial charge in [0.15, 0.2) is 0 Å². The lowest BCUT2D eigenvalue weighted by Gasteiger charge is -2.38. The van der Waals surface area contributed by atoms with Crippen LogP contribution in [0.1, 0.15) is 40.1 Å². The highest BCUT2D eigenvalue weighted by molar-refractivity contribution is 6.01. The van der Waals surface area contributed by atoms with E-state index in [0.717, 1.165) is 11.3 Å². The molecular formula is C24H24N2O3. The Labute approximate surface area is 170 Å². The second kappa shape index (κ2) is 7.87. The number of hydrogen-bond donors (Lipinski definition) is 2. The molecule has 1 unspecified atom stereocenters. The number of nitrogens with one attached hydrogen (secondary N) is 1. The number of rotatable bonds is 5. The number of fused-ring (bicyclic) bond motifs is 1. The molecule has 0 spiro atoms. The largest absolute Gasteiger partial charge is 0.508 e. The topological polar surface area (TPSA) is 61.8 Å². The van der Waals surface area contributed by atoms with E-state index < -0.39 is 6.17 Å². The van der Waals surface area contributed by atoms with Gasteiger partial charge in [-0.1, -0.05) is 42.0 Å². The first-order valence-electron chi connectivity index (χ1n) is 9.74. The van der Waals surface area contributed by atoms with Crippen LogP contribution in [0.2, 0.25) is 0 Å². The van der Waals surface area contributed by atoms with Crippen molar-refractivity contribution in [1.82, 2.24) is 4.90 Å². The Bertz CT molecular complexity index is 1030. The Morgan fingerprint density at radius 2 is 1.83 bits per heavy atom. The summed E-state index contributed by atoms with van der Waals surface area (Å²) in [4.78, 5) is 15.1. The molecule has 5 nitrogen and oxygen atoms in total. The third kappa shape index (κ3) is 3.76. The Morgan fingerprint density at radius 1 is 1.07 bits per heavy atom. The minimum atomic E-state index is -0.515. The highest BCUT2D eigenvalue weighted by atomic mass is 16.5. The van der Waals surface area contributed by atoms with E-state index in [1.165, 1.54) is 5.56 Å². The lowest BCUT2D eigenvalue weighted by Crippen LogP contribution is -2.42. The summed E-state index contributed by atoms with van der Waals surface area (Å²) in [6, 6.07) is 20.7. The first-order valence-corrected chi connectivity index (χ1v) is 9.74. The van der Waals surface area contributed by atoms with Crippen molar-refractivity contribution in [2.75, 3.05) is 11.9 Å². The van der Waals surface area contributed by atoms with Gasteiger partial charge in [0.25, 0.3) is 5.91 Å². The van der Waals surface area contributed by atoms with Crippen molar-refractivity contribution in [2.45, 2.75) is 26.6 Å². The molecule has 3 aromatic carbocycles. The fourth-order valence-corrected chi connectivity index (χ4v) is 3.60. The summed E-state index contributed by atoms with van der Waals surface area (Å²) in [7, 11) is 0. The van der Waals surface area contributed by atoms with E-state index in [-0.39, 0.29) is 11.7 Å². The third-order valence-corrected chi connectivity index (χ3v) is 5.10. The molecule has 1 amide bonds. The molecule has 0 fully saturated rings. The number of anilines is 1. The molecule has 5 heteroatoms. The molecule has 0 aromatic heterocycles. The van der Waals surface area contributed by atoms with Crippen LogP contribution in [-0.2, 0) is 6.54 Å². The van der Waals surface area contributed by atoms with Gasteiger partial charge in [0.1, 0.15) is 17.7 Å². The van der Waals surface area contributed by atoms with Crippen LogP contribution < -0.4 is 10.1 Å². The van der Waals surface area contributed by atoms with Crippen molar-refractivity contribution in [3.8, 4) is 11.5 Å². The van der Waals surface area contributed by atoms with E-state index in [1.807, 2.05) is 62.4 Å². The fourth-order valence-electron chi connectivity index (χ4n) is 3.60. The first kappa shape index (κ1) is 18.9. The summed E-state index contributed by atoms with van der Waals surface area (Å²) >= 11 is 0. The van der Waals surface area contributed by atoms with E-state index in [1.54, 1.807) is 23.1 Å². The lowest BCUT2D eigenvalue weighted by molar-refractivity contribution is 0.0664. The van der Waals surface area contributed by atoms with Crippen molar-refractivity contribution in [3.05, 3.63) is 89.0 Å². The Hall–Kier alpha value is -3.47. The van der Waals surface area contributed by atoms with Gasteiger partial charge in [-0.3, -0.25) is 4.79 Å². The van der Waals surface area contributed by atoms with Crippen LogP contribution in [0.4, 0.5) is 5.69 Å². The average Bonchev–Trinajstić information content (AvgIpc) is 2.73. The highest BCUT2D eigenvalue weighted by Gasteiger charge is 2.34. The van der Waals surface area contributed by atoms with Crippen molar-refractivity contribution in [1.29, 1.82) is 0 Å². The zero-order valence-corrected chi connectivity index (χ0v) is 16.6. The van der Waals surface area contributed by atoms with Crippen molar-refractivity contribution in [3.63, 3.8) is 0 Å². The predicted octanol–water partition coefficient (Wildman–Crippen LogP) is 4.87. The van der Waals surface area contributed by atoms with Gasteiger partial charge >= 0.3 is 0 Å². The number of nitrogens with zero attached hydrogens (tertiary/aromatic N) is 1. The van der Waals surface area contributed by atoms with Crippen LogP contribution in [0, 0.1) is 6.92 Å². The molecule has 3 aromatic rings. The summed E-state index contributed by atoms with van der Waals surface area (Å²) in [5.41, 5.74) is 4.17. The molecule has 0 aliphatic carbocycles. The zero-order valence-electron chi connectivity index (χ0n) is 16.6. The number of phenols is 1. The highest BCUT2D eigenvalue weighted by Crippen LogP contribution is 2.38. The molecule has 0 saturated heterocycles. The maximum atomic E-state index is 13.4. The minimum Gasteiger partial charge on any atom is -0.508 e. The Kier molecular flexibility index (Phi) is 5.12. The molecule has 1 aliphatic heterocycles.